The van der Waals surface area contributed by atoms with Gasteiger partial charge in [-0.2, -0.15) is 0 Å². The highest BCUT2D eigenvalue weighted by Crippen LogP contribution is 2.25. The molecule has 0 aromatic rings. The second-order valence-electron chi connectivity index (χ2n) is 2.45. The second-order valence-corrected chi connectivity index (χ2v) is 6.33. The predicted octanol–water partition coefficient (Wildman–Crippen LogP) is 1.68. The zero-order valence-corrected chi connectivity index (χ0v) is 10.0. The van der Waals surface area contributed by atoms with E-state index in [1.165, 1.54) is 13.8 Å². The Morgan fingerprint density at radius 1 is 1.07 bits per heavy atom. The molecule has 0 heterocycles. The fraction of sp³-hybridized carbons (Fsp3) is 0.571. The van der Waals surface area contributed by atoms with Crippen LogP contribution in [-0.2, 0) is 9.59 Å². The highest BCUT2D eigenvalue weighted by Gasteiger charge is 2.19. The smallest absolute Gasteiger partial charge is 0.316 e. The van der Waals surface area contributed by atoms with Gasteiger partial charge in [0.2, 0.25) is 0 Å². The van der Waals surface area contributed by atoms with E-state index in [9.17, 15) is 9.59 Å². The van der Waals surface area contributed by atoms with E-state index in [2.05, 4.69) is 0 Å². The van der Waals surface area contributed by atoms with Crippen molar-refractivity contribution in [2.75, 3.05) is 0 Å². The van der Waals surface area contributed by atoms with Gasteiger partial charge >= 0.3 is 11.9 Å². The van der Waals surface area contributed by atoms with Crippen LogP contribution in [0.2, 0.25) is 0 Å². The van der Waals surface area contributed by atoms with Gasteiger partial charge < -0.3 is 10.2 Å². The van der Waals surface area contributed by atoms with Crippen molar-refractivity contribution in [3.8, 4) is 0 Å². The average Bonchev–Trinajstić information content (AvgIpc) is 2.03. The predicted molar refractivity (Wildman–Crippen MR) is 62.0 cm³/mol. The molecule has 2 atom stereocenters. The lowest BCUT2D eigenvalue weighted by Crippen LogP contribution is -2.16. The average molecular weight is 254 g/mol. The Morgan fingerprint density at radius 2 is 1.36 bits per heavy atom. The van der Waals surface area contributed by atoms with Crippen LogP contribution in [-0.4, -0.2) is 36.2 Å². The summed E-state index contributed by atoms with van der Waals surface area (Å²) in [7, 11) is 0. The lowest BCUT2D eigenvalue weighted by atomic mass is 10.5. The number of carbonyl (C=O) groups is 2. The summed E-state index contributed by atoms with van der Waals surface area (Å²) in [6.07, 6.45) is 0. The number of carboxylic acid groups (broad SMARTS) is 2. The van der Waals surface area contributed by atoms with Crippen LogP contribution in [0.5, 0.6) is 0 Å². The molecule has 0 aliphatic carbocycles. The summed E-state index contributed by atoms with van der Waals surface area (Å²) in [6.45, 7) is 3.01. The van der Waals surface area contributed by atoms with E-state index in [-0.39, 0.29) is 0 Å². The van der Waals surface area contributed by atoms with Gasteiger partial charge in [-0.3, -0.25) is 9.59 Å². The molecule has 2 unspecified atom stereocenters. The largest absolute Gasteiger partial charge is 0.480 e. The molecule has 0 aliphatic rings. The SMILES string of the molecule is CC(SC(=S)SC(C)C(=O)O)C(=O)O. The van der Waals surface area contributed by atoms with Gasteiger partial charge in [-0.1, -0.05) is 35.7 Å². The summed E-state index contributed by atoms with van der Waals surface area (Å²) in [5, 5.41) is 15.9. The maximum absolute atomic E-state index is 10.4. The quantitative estimate of drug-likeness (QED) is 0.739. The van der Waals surface area contributed by atoms with Gasteiger partial charge in [0.05, 0.1) is 0 Å². The molecule has 0 bridgehead atoms. The summed E-state index contributed by atoms with van der Waals surface area (Å²) in [5.74, 6) is -1.91. The van der Waals surface area contributed by atoms with Gasteiger partial charge in [0.15, 0.2) is 0 Å². The molecule has 0 fully saturated rings. The molecule has 0 spiro atoms. The van der Waals surface area contributed by atoms with Crippen LogP contribution in [0.3, 0.4) is 0 Å². The summed E-state index contributed by atoms with van der Waals surface area (Å²) >= 11 is 6.81. The molecule has 4 nitrogen and oxygen atoms in total. The summed E-state index contributed by atoms with van der Waals surface area (Å²) in [6, 6.07) is 0. The summed E-state index contributed by atoms with van der Waals surface area (Å²) < 4.78 is 0.342. The Morgan fingerprint density at radius 3 is 1.57 bits per heavy atom. The second kappa shape index (κ2) is 6.26. The van der Waals surface area contributed by atoms with E-state index in [1.807, 2.05) is 0 Å². The molecule has 7 heteroatoms. The molecule has 80 valence electrons. The number of rotatable bonds is 4. The molecule has 0 saturated carbocycles. The number of carboxylic acids is 2. The number of aliphatic carboxylic acids is 2. The molecule has 0 rings (SSSR count). The molecule has 0 amide bonds. The van der Waals surface area contributed by atoms with Crippen molar-refractivity contribution in [1.82, 2.24) is 0 Å². The van der Waals surface area contributed by atoms with Gasteiger partial charge in [-0.15, -0.1) is 0 Å². The Kier molecular flexibility index (Phi) is 6.14. The van der Waals surface area contributed by atoms with Crippen LogP contribution in [0.25, 0.3) is 0 Å². The highest BCUT2D eigenvalue weighted by atomic mass is 32.2. The molecule has 0 saturated heterocycles. The molecular weight excluding hydrogens is 244 g/mol. The van der Waals surface area contributed by atoms with E-state index < -0.39 is 22.4 Å². The topological polar surface area (TPSA) is 74.6 Å². The van der Waals surface area contributed by atoms with E-state index in [0.717, 1.165) is 23.5 Å². The van der Waals surface area contributed by atoms with Gasteiger partial charge in [0.1, 0.15) is 14.0 Å². The van der Waals surface area contributed by atoms with E-state index in [1.54, 1.807) is 0 Å². The fourth-order valence-corrected chi connectivity index (χ4v) is 3.15. The van der Waals surface area contributed by atoms with Gasteiger partial charge in [-0.25, -0.2) is 0 Å². The molecule has 0 radical (unpaired) electrons. The lowest BCUT2D eigenvalue weighted by molar-refractivity contribution is -0.137. The van der Waals surface area contributed by atoms with Crippen molar-refractivity contribution < 1.29 is 19.8 Å². The normalized spacial score (nSPS) is 14.4. The minimum absolute atomic E-state index is 0.342. The standard InChI is InChI=1S/C7H10O4S3/c1-3(5(8)9)13-7(12)14-4(2)6(10)11/h3-4H,1-2H3,(H,8,9)(H,10,11). The maximum Gasteiger partial charge on any atom is 0.316 e. The highest BCUT2D eigenvalue weighted by molar-refractivity contribution is 8.47. The van der Waals surface area contributed by atoms with Crippen molar-refractivity contribution in [1.29, 1.82) is 0 Å². The summed E-state index contributed by atoms with van der Waals surface area (Å²) in [5.41, 5.74) is 0. The first-order valence-corrected chi connectivity index (χ1v) is 5.84. The first-order chi connectivity index (χ1) is 6.34. The molecule has 0 aromatic carbocycles. The van der Waals surface area contributed by atoms with E-state index in [4.69, 9.17) is 22.4 Å². The number of hydrogen-bond acceptors (Lipinski definition) is 5. The third-order valence-electron chi connectivity index (χ3n) is 1.24. The molecule has 0 aromatic heterocycles. The zero-order chi connectivity index (χ0) is 11.3. The monoisotopic (exact) mass is 254 g/mol. The van der Waals surface area contributed by atoms with Crippen LogP contribution in [0.1, 0.15) is 13.8 Å². The number of hydrogen-bond donors (Lipinski definition) is 2. The lowest BCUT2D eigenvalue weighted by Gasteiger charge is -2.08. The van der Waals surface area contributed by atoms with Gasteiger partial charge in [-0.05, 0) is 13.8 Å². The Balaban J connectivity index is 3.99. The molecular formula is C7H10O4S3. The van der Waals surface area contributed by atoms with E-state index in [0.29, 0.717) is 3.53 Å². The molecule has 0 aliphatic heterocycles. The molecule has 2 N–H and O–H groups in total. The Bertz CT molecular complexity index is 229. The van der Waals surface area contributed by atoms with Crippen molar-refractivity contribution in [3.63, 3.8) is 0 Å². The van der Waals surface area contributed by atoms with Crippen molar-refractivity contribution in [3.05, 3.63) is 0 Å². The molecule has 14 heavy (non-hydrogen) atoms. The van der Waals surface area contributed by atoms with Crippen molar-refractivity contribution in [2.24, 2.45) is 0 Å². The number of thioether (sulfide) groups is 2. The first-order valence-electron chi connectivity index (χ1n) is 3.67. The minimum atomic E-state index is -0.957. The minimum Gasteiger partial charge on any atom is -0.480 e. The van der Waals surface area contributed by atoms with Crippen molar-refractivity contribution in [2.45, 2.75) is 24.3 Å². The fourth-order valence-electron chi connectivity index (χ4n) is 0.417. The third-order valence-corrected chi connectivity index (χ3v) is 3.89. The summed E-state index contributed by atoms with van der Waals surface area (Å²) in [4.78, 5) is 20.9. The Labute approximate surface area is 95.4 Å². The van der Waals surface area contributed by atoms with Crippen LogP contribution >= 0.6 is 35.7 Å². The van der Waals surface area contributed by atoms with E-state index >= 15 is 0 Å². The number of thiocarbonyl (C=S) groups is 1. The van der Waals surface area contributed by atoms with Crippen LogP contribution in [0, 0.1) is 0 Å². The zero-order valence-electron chi connectivity index (χ0n) is 7.59. The van der Waals surface area contributed by atoms with Gasteiger partial charge in [0.25, 0.3) is 0 Å². The Hall–Kier alpha value is -0.270. The third kappa shape index (κ3) is 5.46. The van der Waals surface area contributed by atoms with Crippen LogP contribution in [0.4, 0.5) is 0 Å². The first kappa shape index (κ1) is 13.7. The van der Waals surface area contributed by atoms with Gasteiger partial charge in [0, 0.05) is 0 Å². The maximum atomic E-state index is 10.4. The van der Waals surface area contributed by atoms with Crippen molar-refractivity contribution >= 4 is 51.2 Å². The van der Waals surface area contributed by atoms with Crippen LogP contribution in [0.15, 0.2) is 0 Å². The van der Waals surface area contributed by atoms with Crippen LogP contribution < -0.4 is 0 Å².